The first kappa shape index (κ1) is 13.6. The monoisotopic (exact) mass is 265 g/mol. The average Bonchev–Trinajstić information content (AvgIpc) is 2.25. The quantitative estimate of drug-likeness (QED) is 0.376. The molecule has 0 saturated carbocycles. The first-order valence-electron chi connectivity index (χ1n) is 4.47. The molecule has 96 valence electrons. The maximum Gasteiger partial charge on any atom is 0.325 e. The van der Waals surface area contributed by atoms with Gasteiger partial charge in [0.1, 0.15) is 0 Å². The van der Waals surface area contributed by atoms with Gasteiger partial charge in [-0.3, -0.25) is 9.78 Å². The van der Waals surface area contributed by atoms with Gasteiger partial charge in [-0.1, -0.05) is 0 Å². The molecule has 0 radical (unpaired) electrons. The number of hydrogen-bond donors (Lipinski definition) is 5. The Bertz CT molecular complexity index is 588. The molecule has 0 saturated heterocycles. The van der Waals surface area contributed by atoms with Gasteiger partial charge >= 0.3 is 5.69 Å². The van der Waals surface area contributed by atoms with E-state index in [9.17, 15) is 18.0 Å². The van der Waals surface area contributed by atoms with Crippen LogP contribution in [-0.4, -0.2) is 47.9 Å². The lowest BCUT2D eigenvalue weighted by atomic mass is 10.4. The first-order chi connectivity index (χ1) is 7.86. The van der Waals surface area contributed by atoms with Gasteiger partial charge in [0, 0.05) is 12.7 Å². The third kappa shape index (κ3) is 3.49. The summed E-state index contributed by atoms with van der Waals surface area (Å²) in [5.74, 6) is 0. The van der Waals surface area contributed by atoms with Crippen molar-refractivity contribution in [3.05, 3.63) is 27.0 Å². The number of aliphatic hydroxyl groups is 2. The van der Waals surface area contributed by atoms with E-state index in [0.29, 0.717) is 0 Å². The molecule has 0 aromatic carbocycles. The van der Waals surface area contributed by atoms with Crippen LogP contribution >= 0.6 is 0 Å². The first-order valence-corrected chi connectivity index (χ1v) is 5.95. The summed E-state index contributed by atoms with van der Waals surface area (Å²) in [6.45, 7) is -1.07. The Morgan fingerprint density at radius 3 is 2.59 bits per heavy atom. The number of H-pyrrole nitrogens is 2. The van der Waals surface area contributed by atoms with Crippen molar-refractivity contribution in [3.63, 3.8) is 0 Å². The number of rotatable bonds is 5. The fourth-order valence-electron chi connectivity index (χ4n) is 0.945. The minimum Gasteiger partial charge on any atom is -0.394 e. The standard InChI is InChI=1S/C7H11N3O6S/c11-3-4(12)1-9-17(15,16)5-2-8-7(14)10-6(5)13/h2,4,9,11-12H,1,3H2,(H2,8,10,13,14). The summed E-state index contributed by atoms with van der Waals surface area (Å²) in [5.41, 5.74) is -1.90. The molecule has 0 spiro atoms. The topological polar surface area (TPSA) is 152 Å². The Morgan fingerprint density at radius 2 is 2.06 bits per heavy atom. The average molecular weight is 265 g/mol. The van der Waals surface area contributed by atoms with Gasteiger partial charge in [-0.15, -0.1) is 0 Å². The van der Waals surface area contributed by atoms with E-state index in [1.807, 2.05) is 9.71 Å². The van der Waals surface area contributed by atoms with Crippen LogP contribution in [0, 0.1) is 0 Å². The van der Waals surface area contributed by atoms with Gasteiger partial charge in [-0.25, -0.2) is 17.9 Å². The van der Waals surface area contributed by atoms with Crippen LogP contribution in [0.5, 0.6) is 0 Å². The molecule has 1 heterocycles. The molecule has 1 unspecified atom stereocenters. The van der Waals surface area contributed by atoms with Crippen molar-refractivity contribution >= 4 is 10.0 Å². The Hall–Kier alpha value is -1.49. The van der Waals surface area contributed by atoms with Gasteiger partial charge in [-0.2, -0.15) is 0 Å². The van der Waals surface area contributed by atoms with Crippen molar-refractivity contribution < 1.29 is 18.6 Å². The van der Waals surface area contributed by atoms with E-state index in [2.05, 4.69) is 0 Å². The predicted octanol–water partition coefficient (Wildman–Crippen LogP) is -3.31. The molecule has 1 atom stereocenters. The molecule has 0 aliphatic heterocycles. The summed E-state index contributed by atoms with van der Waals surface area (Å²) in [7, 11) is -4.15. The van der Waals surface area contributed by atoms with Crippen molar-refractivity contribution in [2.24, 2.45) is 0 Å². The van der Waals surface area contributed by atoms with Crippen LogP contribution in [0.25, 0.3) is 0 Å². The number of hydrogen-bond acceptors (Lipinski definition) is 6. The normalized spacial score (nSPS) is 13.5. The van der Waals surface area contributed by atoms with Gasteiger partial charge in [0.2, 0.25) is 10.0 Å². The van der Waals surface area contributed by atoms with E-state index in [4.69, 9.17) is 10.2 Å². The number of aliphatic hydroxyl groups excluding tert-OH is 2. The molecule has 0 bridgehead atoms. The molecular weight excluding hydrogens is 254 g/mol. The van der Waals surface area contributed by atoms with Crippen molar-refractivity contribution in [2.75, 3.05) is 13.2 Å². The van der Waals surface area contributed by atoms with Gasteiger partial charge in [0.25, 0.3) is 5.56 Å². The van der Waals surface area contributed by atoms with Crippen LogP contribution in [0.1, 0.15) is 0 Å². The summed E-state index contributed by atoms with van der Waals surface area (Å²) >= 11 is 0. The summed E-state index contributed by atoms with van der Waals surface area (Å²) in [6, 6.07) is 0. The van der Waals surface area contributed by atoms with Crippen molar-refractivity contribution in [3.8, 4) is 0 Å². The van der Waals surface area contributed by atoms with Crippen LogP contribution in [0.15, 0.2) is 20.7 Å². The number of nitrogens with one attached hydrogen (secondary N) is 3. The van der Waals surface area contributed by atoms with Crippen LogP contribution in [0.4, 0.5) is 0 Å². The minimum atomic E-state index is -4.15. The molecule has 1 rings (SSSR count). The second kappa shape index (κ2) is 5.23. The van der Waals surface area contributed by atoms with E-state index >= 15 is 0 Å². The van der Waals surface area contributed by atoms with Crippen LogP contribution in [0.3, 0.4) is 0 Å². The third-order valence-electron chi connectivity index (χ3n) is 1.79. The van der Waals surface area contributed by atoms with Crippen molar-refractivity contribution in [2.45, 2.75) is 11.0 Å². The lowest BCUT2D eigenvalue weighted by Crippen LogP contribution is -2.37. The molecule has 5 N–H and O–H groups in total. The van der Waals surface area contributed by atoms with E-state index in [-0.39, 0.29) is 0 Å². The van der Waals surface area contributed by atoms with Gasteiger partial charge in [-0.05, 0) is 0 Å². The smallest absolute Gasteiger partial charge is 0.325 e. The number of aromatic amines is 2. The van der Waals surface area contributed by atoms with Gasteiger partial charge in [0.05, 0.1) is 12.7 Å². The van der Waals surface area contributed by atoms with E-state index < -0.39 is 45.4 Å². The molecule has 0 fully saturated rings. The zero-order valence-electron chi connectivity index (χ0n) is 8.50. The maximum absolute atomic E-state index is 11.5. The summed E-state index contributed by atoms with van der Waals surface area (Å²) < 4.78 is 25.0. The molecule has 17 heavy (non-hydrogen) atoms. The van der Waals surface area contributed by atoms with Gasteiger partial charge in [0.15, 0.2) is 4.90 Å². The van der Waals surface area contributed by atoms with Crippen LogP contribution in [0.2, 0.25) is 0 Å². The largest absolute Gasteiger partial charge is 0.394 e. The second-order valence-electron chi connectivity index (χ2n) is 3.12. The van der Waals surface area contributed by atoms with E-state index in [0.717, 1.165) is 6.20 Å². The van der Waals surface area contributed by atoms with Crippen LogP contribution in [-0.2, 0) is 10.0 Å². The lowest BCUT2D eigenvalue weighted by molar-refractivity contribution is 0.0988. The highest BCUT2D eigenvalue weighted by atomic mass is 32.2. The highest BCUT2D eigenvalue weighted by Crippen LogP contribution is 1.97. The molecule has 1 aromatic rings. The zero-order chi connectivity index (χ0) is 13.1. The number of sulfonamides is 1. The van der Waals surface area contributed by atoms with E-state index in [1.165, 1.54) is 0 Å². The molecule has 0 aliphatic carbocycles. The Balaban J connectivity index is 2.98. The van der Waals surface area contributed by atoms with Crippen molar-refractivity contribution in [1.29, 1.82) is 0 Å². The minimum absolute atomic E-state index is 0.447. The fraction of sp³-hybridized carbons (Fsp3) is 0.429. The second-order valence-corrected chi connectivity index (χ2v) is 4.86. The fourth-order valence-corrected chi connectivity index (χ4v) is 2.02. The zero-order valence-corrected chi connectivity index (χ0v) is 9.32. The Morgan fingerprint density at radius 1 is 1.41 bits per heavy atom. The van der Waals surface area contributed by atoms with Crippen molar-refractivity contribution in [1.82, 2.24) is 14.7 Å². The number of aromatic nitrogens is 2. The summed E-state index contributed by atoms with van der Waals surface area (Å²) in [4.78, 5) is 25.0. The maximum atomic E-state index is 11.5. The van der Waals surface area contributed by atoms with Gasteiger partial charge < -0.3 is 15.2 Å². The summed E-state index contributed by atoms with van der Waals surface area (Å²) in [5, 5.41) is 17.5. The molecule has 1 aromatic heterocycles. The highest BCUT2D eigenvalue weighted by Gasteiger charge is 2.19. The Kier molecular flexibility index (Phi) is 4.17. The van der Waals surface area contributed by atoms with E-state index in [1.54, 1.807) is 4.98 Å². The Labute approximate surface area is 95.2 Å². The summed E-state index contributed by atoms with van der Waals surface area (Å²) in [6.07, 6.45) is -0.527. The molecule has 10 heteroatoms. The molecule has 9 nitrogen and oxygen atoms in total. The molecule has 0 amide bonds. The van der Waals surface area contributed by atoms with Crippen LogP contribution < -0.4 is 16.0 Å². The third-order valence-corrected chi connectivity index (χ3v) is 3.22. The molecular formula is C7H11N3O6S. The highest BCUT2D eigenvalue weighted by molar-refractivity contribution is 7.89. The molecule has 0 aliphatic rings. The lowest BCUT2D eigenvalue weighted by Gasteiger charge is -2.08. The SMILES string of the molecule is O=c1[nH]cc(S(=O)(=O)NCC(O)CO)c(=O)[nH]1. The predicted molar refractivity (Wildman–Crippen MR) is 56.0 cm³/mol.